The van der Waals surface area contributed by atoms with E-state index in [-0.39, 0.29) is 35.5 Å². The van der Waals surface area contributed by atoms with Crippen LogP contribution in [0.3, 0.4) is 0 Å². The summed E-state index contributed by atoms with van der Waals surface area (Å²) in [7, 11) is -3.41. The van der Waals surface area contributed by atoms with Crippen molar-refractivity contribution in [3.8, 4) is 0 Å². The van der Waals surface area contributed by atoms with Gasteiger partial charge >= 0.3 is 0 Å². The number of carbonyl (C=O) groups is 1. The average Bonchev–Trinajstić information content (AvgIpc) is 3.09. The number of anilines is 1. The Morgan fingerprint density at radius 3 is 2.59 bits per heavy atom. The highest BCUT2D eigenvalue weighted by molar-refractivity contribution is 7.89. The minimum absolute atomic E-state index is 0.0917. The van der Waals surface area contributed by atoms with Crippen molar-refractivity contribution in [2.45, 2.75) is 62.6 Å². The van der Waals surface area contributed by atoms with Gasteiger partial charge in [-0.25, -0.2) is 12.8 Å². The molecule has 2 aromatic carbocycles. The third kappa shape index (κ3) is 7.26. The molecule has 236 valence electrons. The van der Waals surface area contributed by atoms with E-state index in [0.29, 0.717) is 42.1 Å². The highest BCUT2D eigenvalue weighted by Gasteiger charge is 2.38. The highest BCUT2D eigenvalue weighted by atomic mass is 35.5. The first-order chi connectivity index (χ1) is 20.8. The third-order valence-corrected chi connectivity index (χ3v) is 10.6. The van der Waals surface area contributed by atoms with Crippen molar-refractivity contribution in [2.75, 3.05) is 24.2 Å². The number of hydrogen-bond acceptors (Lipinski definition) is 6. The van der Waals surface area contributed by atoms with Crippen molar-refractivity contribution in [3.63, 3.8) is 0 Å². The van der Waals surface area contributed by atoms with Gasteiger partial charge in [-0.15, -0.1) is 0 Å². The maximum atomic E-state index is 15.2. The fraction of sp³-hybridized carbons (Fsp3) is 0.419. The number of piperazine rings is 1. The Kier molecular flexibility index (Phi) is 9.66. The van der Waals surface area contributed by atoms with Crippen LogP contribution in [0.15, 0.2) is 60.8 Å². The van der Waals surface area contributed by atoms with Gasteiger partial charge < -0.3 is 16.4 Å². The number of benzene rings is 2. The van der Waals surface area contributed by atoms with E-state index in [1.807, 2.05) is 0 Å². The first-order valence-corrected chi connectivity index (χ1v) is 16.5. The van der Waals surface area contributed by atoms with Crippen LogP contribution in [0.4, 0.5) is 18.9 Å². The number of aromatic nitrogens is 1. The minimum atomic E-state index is -3.41. The molecule has 2 saturated heterocycles. The Labute approximate surface area is 260 Å². The van der Waals surface area contributed by atoms with Crippen LogP contribution >= 0.6 is 11.6 Å². The second-order valence-corrected chi connectivity index (χ2v) is 14.0. The quantitative estimate of drug-likeness (QED) is 0.307. The van der Waals surface area contributed by atoms with Gasteiger partial charge in [0.15, 0.2) is 0 Å². The molecule has 2 aliphatic rings. The zero-order chi connectivity index (χ0) is 31.6. The van der Waals surface area contributed by atoms with Crippen LogP contribution in [0.2, 0.25) is 5.02 Å². The van der Waals surface area contributed by atoms with Gasteiger partial charge in [-0.05, 0) is 67.1 Å². The van der Waals surface area contributed by atoms with E-state index in [1.54, 1.807) is 34.6 Å². The van der Waals surface area contributed by atoms with Crippen LogP contribution in [0.1, 0.15) is 54.5 Å². The molecule has 0 saturated carbocycles. The molecule has 2 fully saturated rings. The summed E-state index contributed by atoms with van der Waals surface area (Å²) >= 11 is 6.07. The van der Waals surface area contributed by atoms with Crippen LogP contribution in [0, 0.1) is 5.82 Å². The molecule has 0 aliphatic carbocycles. The molecule has 4 N–H and O–H groups in total. The van der Waals surface area contributed by atoms with Crippen LogP contribution in [-0.4, -0.2) is 60.6 Å². The molecular weight excluding hydrogens is 615 g/mol. The van der Waals surface area contributed by atoms with Crippen molar-refractivity contribution in [2.24, 2.45) is 5.73 Å². The predicted octanol–water partition coefficient (Wildman–Crippen LogP) is 4.78. The van der Waals surface area contributed by atoms with Gasteiger partial charge in [0.05, 0.1) is 11.8 Å². The van der Waals surface area contributed by atoms with Gasteiger partial charge in [-0.1, -0.05) is 35.9 Å². The largest absolute Gasteiger partial charge is 0.324 e. The van der Waals surface area contributed by atoms with E-state index < -0.39 is 45.3 Å². The predicted molar refractivity (Wildman–Crippen MR) is 164 cm³/mol. The normalized spacial score (nSPS) is 22.9. The summed E-state index contributed by atoms with van der Waals surface area (Å²) in [5.74, 6) is -5.00. The molecule has 3 heterocycles. The van der Waals surface area contributed by atoms with Crippen LogP contribution in [0.25, 0.3) is 0 Å². The lowest BCUT2D eigenvalue weighted by molar-refractivity contribution is -0.117. The Balaban J connectivity index is 1.37. The van der Waals surface area contributed by atoms with Crippen LogP contribution in [0.5, 0.6) is 0 Å². The minimum Gasteiger partial charge on any atom is -0.324 e. The summed E-state index contributed by atoms with van der Waals surface area (Å²) in [6.07, 6.45) is 3.18. The molecule has 5 rings (SSSR count). The molecule has 1 unspecified atom stereocenters. The number of nitrogens with one attached hydrogen (secondary N) is 2. The lowest BCUT2D eigenvalue weighted by Gasteiger charge is -2.37. The Hall–Kier alpha value is -3.03. The lowest BCUT2D eigenvalue weighted by atomic mass is 9.85. The zero-order valence-electron chi connectivity index (χ0n) is 24.1. The molecular formula is C31H35ClF3N5O3S. The monoisotopic (exact) mass is 649 g/mol. The van der Waals surface area contributed by atoms with Crippen molar-refractivity contribution in [1.82, 2.24) is 14.6 Å². The highest BCUT2D eigenvalue weighted by Crippen LogP contribution is 2.32. The average molecular weight is 650 g/mol. The van der Waals surface area contributed by atoms with Gasteiger partial charge in [0.2, 0.25) is 15.9 Å². The SMILES string of the molecule is CC(F)(F)c1ccc([C@H](c2ccc(Cl)cc2)[C@H](N)C(=O)Nc2cccc(F)c2CC[C@H]2CN[C@@H]3CCCS(=O)(=O)N2C3)cn1. The third-order valence-electron chi connectivity index (χ3n) is 8.35. The molecule has 1 aromatic heterocycles. The van der Waals surface area contributed by atoms with E-state index in [4.69, 9.17) is 17.3 Å². The first-order valence-electron chi connectivity index (χ1n) is 14.5. The molecule has 2 aliphatic heterocycles. The molecule has 3 aromatic rings. The van der Waals surface area contributed by atoms with Crippen LogP contribution in [-0.2, 0) is 27.2 Å². The smallest absolute Gasteiger partial charge is 0.286 e. The van der Waals surface area contributed by atoms with Crippen molar-refractivity contribution in [3.05, 3.63) is 94.0 Å². The van der Waals surface area contributed by atoms with Crippen molar-refractivity contribution >= 4 is 33.2 Å². The number of sulfonamides is 1. The number of halogens is 4. The second kappa shape index (κ2) is 13.1. The number of fused-ring (bicyclic) bond motifs is 2. The number of nitrogens with two attached hydrogens (primary N) is 1. The molecule has 1 amide bonds. The Morgan fingerprint density at radius 2 is 1.91 bits per heavy atom. The first kappa shape index (κ1) is 32.4. The fourth-order valence-electron chi connectivity index (χ4n) is 5.98. The van der Waals surface area contributed by atoms with Crippen molar-refractivity contribution in [1.29, 1.82) is 0 Å². The summed E-state index contributed by atoms with van der Waals surface area (Å²) in [6, 6.07) is 12.2. The number of nitrogens with zero attached hydrogens (tertiary/aromatic N) is 2. The van der Waals surface area contributed by atoms with Crippen LogP contribution < -0.4 is 16.4 Å². The second-order valence-electron chi connectivity index (χ2n) is 11.5. The maximum Gasteiger partial charge on any atom is 0.286 e. The number of amides is 1. The summed E-state index contributed by atoms with van der Waals surface area (Å²) in [6.45, 7) is 1.60. The van der Waals surface area contributed by atoms with Gasteiger partial charge in [0.25, 0.3) is 5.92 Å². The number of carbonyl (C=O) groups excluding carboxylic acids is 1. The van der Waals surface area contributed by atoms with Crippen molar-refractivity contribution < 1.29 is 26.4 Å². The van der Waals surface area contributed by atoms with E-state index >= 15 is 4.39 Å². The number of alkyl halides is 2. The van der Waals surface area contributed by atoms with Gasteiger partial charge in [0.1, 0.15) is 11.5 Å². The lowest BCUT2D eigenvalue weighted by Crippen LogP contribution is -2.57. The number of pyridine rings is 1. The van der Waals surface area contributed by atoms with Gasteiger partial charge in [-0.2, -0.15) is 13.1 Å². The Bertz CT molecular complexity index is 1590. The van der Waals surface area contributed by atoms with E-state index in [2.05, 4.69) is 15.6 Å². The molecule has 2 bridgehead atoms. The van der Waals surface area contributed by atoms with Gasteiger partial charge in [0, 0.05) is 60.5 Å². The summed E-state index contributed by atoms with van der Waals surface area (Å²) in [4.78, 5) is 17.5. The summed E-state index contributed by atoms with van der Waals surface area (Å²) < 4.78 is 70.1. The molecule has 13 heteroatoms. The standard InChI is InChI=1S/C31H35ClF3N5O3S/c1-31(34,35)27-14-9-20(16-38-27)28(19-7-10-21(32)11-8-19)29(36)30(41)39-26-6-2-5-25(33)24(26)13-12-23-17-37-22-4-3-15-44(42,43)40(23)18-22/h2,5-11,14,16,22-23,28-29,37H,3-4,12-13,15,17-18,36H2,1H3,(H,39,41)/t22-,23+,28+,29+/m1/s1. The molecule has 44 heavy (non-hydrogen) atoms. The van der Waals surface area contributed by atoms with E-state index in [9.17, 15) is 22.0 Å². The van der Waals surface area contributed by atoms with Gasteiger partial charge in [-0.3, -0.25) is 9.78 Å². The zero-order valence-corrected chi connectivity index (χ0v) is 25.7. The molecule has 0 spiro atoms. The Morgan fingerprint density at radius 1 is 1.18 bits per heavy atom. The summed E-state index contributed by atoms with van der Waals surface area (Å²) in [5.41, 5.74) is 7.60. The molecule has 8 nitrogen and oxygen atoms in total. The topological polar surface area (TPSA) is 117 Å². The maximum absolute atomic E-state index is 15.2. The fourth-order valence-corrected chi connectivity index (χ4v) is 7.91. The van der Waals surface area contributed by atoms with E-state index in [1.165, 1.54) is 30.5 Å². The summed E-state index contributed by atoms with van der Waals surface area (Å²) in [5, 5.41) is 6.63. The molecule has 5 atom stereocenters. The number of rotatable bonds is 9. The number of hydrogen-bond donors (Lipinski definition) is 3. The van der Waals surface area contributed by atoms with E-state index in [0.717, 1.165) is 13.3 Å². The molecule has 0 radical (unpaired) electrons.